The number of carboxylic acid groups (broad SMARTS) is 2. The normalized spacial score (nSPS) is 13.5. The van der Waals surface area contributed by atoms with E-state index in [-0.39, 0.29) is 0 Å². The molecule has 0 aromatic heterocycles. The average Bonchev–Trinajstić information content (AvgIpc) is 2.32. The van der Waals surface area contributed by atoms with E-state index in [0.717, 1.165) is 6.92 Å². The number of carbonyl (C=O) groups is 5. The van der Waals surface area contributed by atoms with Crippen LogP contribution in [0, 0.1) is 0 Å². The summed E-state index contributed by atoms with van der Waals surface area (Å²) < 4.78 is 23.1. The highest BCUT2D eigenvalue weighted by Crippen LogP contribution is 2.44. The van der Waals surface area contributed by atoms with Crippen molar-refractivity contribution in [2.45, 2.75) is 25.4 Å². The molecule has 24 heavy (non-hydrogen) atoms. The second-order valence-electron chi connectivity index (χ2n) is 4.25. The van der Waals surface area contributed by atoms with Crippen molar-refractivity contribution in [2.24, 2.45) is 0 Å². The molecule has 0 saturated heterocycles. The van der Waals surface area contributed by atoms with Crippen molar-refractivity contribution in [1.82, 2.24) is 0 Å². The van der Waals surface area contributed by atoms with Crippen LogP contribution in [0.4, 0.5) is 0 Å². The van der Waals surface area contributed by atoms with Gasteiger partial charge in [-0.05, 0) is 0 Å². The highest BCUT2D eigenvalue weighted by molar-refractivity contribution is 7.46. The first-order chi connectivity index (χ1) is 10.8. The van der Waals surface area contributed by atoms with Gasteiger partial charge in [0.05, 0.1) is 12.8 Å². The maximum Gasteiger partial charge on any atom is 0.470 e. The first-order valence-electron chi connectivity index (χ1n) is 5.86. The Morgan fingerprint density at radius 1 is 1.00 bits per heavy atom. The van der Waals surface area contributed by atoms with Gasteiger partial charge in [0.25, 0.3) is 0 Å². The summed E-state index contributed by atoms with van der Waals surface area (Å²) in [6.45, 7) is -0.229. The Hall–Kier alpha value is -2.34. The largest absolute Gasteiger partial charge is 0.481 e. The number of hydrogen-bond acceptors (Lipinski definition) is 9. The molecule has 4 N–H and O–H groups in total. The number of rotatable bonds is 9. The third-order valence-electron chi connectivity index (χ3n) is 2.16. The van der Waals surface area contributed by atoms with Gasteiger partial charge in [-0.25, -0.2) is 14.2 Å². The molecule has 0 aromatic rings. The van der Waals surface area contributed by atoms with Gasteiger partial charge in [-0.15, -0.1) is 0 Å². The molecule has 0 saturated carbocycles. The molecule has 1 atom stereocenters. The van der Waals surface area contributed by atoms with Gasteiger partial charge in [0.2, 0.25) is 0 Å². The van der Waals surface area contributed by atoms with Crippen LogP contribution >= 0.6 is 7.82 Å². The molecule has 136 valence electrons. The molecule has 0 fully saturated rings. The van der Waals surface area contributed by atoms with Crippen LogP contribution in [0.5, 0.6) is 0 Å². The maximum absolute atomic E-state index is 11.5. The van der Waals surface area contributed by atoms with Gasteiger partial charge in [-0.3, -0.25) is 18.9 Å². The van der Waals surface area contributed by atoms with Crippen molar-refractivity contribution < 1.29 is 62.5 Å². The van der Waals surface area contributed by atoms with E-state index >= 15 is 0 Å². The fraction of sp³-hybridized carbons (Fsp3) is 0.500. The second kappa shape index (κ2) is 8.49. The van der Waals surface area contributed by atoms with Gasteiger partial charge in [-0.1, -0.05) is 0 Å². The fourth-order valence-corrected chi connectivity index (χ4v) is 2.07. The van der Waals surface area contributed by atoms with Gasteiger partial charge in [0.15, 0.2) is 12.2 Å². The van der Waals surface area contributed by atoms with E-state index in [2.05, 4.69) is 14.0 Å². The lowest BCUT2D eigenvalue weighted by Gasteiger charge is -2.26. The Kier molecular flexibility index (Phi) is 7.67. The predicted octanol–water partition coefficient (Wildman–Crippen LogP) is -1.58. The van der Waals surface area contributed by atoms with E-state index in [1.807, 2.05) is 0 Å². The summed E-state index contributed by atoms with van der Waals surface area (Å²) in [5.41, 5.74) is -3.13. The van der Waals surface area contributed by atoms with E-state index in [9.17, 15) is 28.5 Å². The molecule has 0 aromatic carbocycles. The number of esters is 3. The molecule has 0 rings (SSSR count). The quantitative estimate of drug-likeness (QED) is 0.204. The summed E-state index contributed by atoms with van der Waals surface area (Å²) in [5.74, 6) is -7.84. The zero-order valence-electron chi connectivity index (χ0n) is 12.0. The lowest BCUT2D eigenvalue weighted by molar-refractivity contribution is -0.173. The Bertz CT molecular complexity index is 590. The third kappa shape index (κ3) is 8.33. The van der Waals surface area contributed by atoms with Crippen LogP contribution in [0.15, 0.2) is 0 Å². The SMILES string of the molecule is CC(=O)OC(=O)COC(=O)CC(CC(=O)O)(OP(=O)(O)O)C(=O)O. The van der Waals surface area contributed by atoms with Crippen LogP contribution in [0.3, 0.4) is 0 Å². The average molecular weight is 372 g/mol. The van der Waals surface area contributed by atoms with Crippen LogP contribution in [-0.4, -0.2) is 62.1 Å². The van der Waals surface area contributed by atoms with Gasteiger partial charge in [0.1, 0.15) is 0 Å². The van der Waals surface area contributed by atoms with E-state index in [1.165, 1.54) is 0 Å². The van der Waals surface area contributed by atoms with Gasteiger partial charge in [-0.2, -0.15) is 0 Å². The number of carboxylic acids is 2. The third-order valence-corrected chi connectivity index (χ3v) is 2.75. The van der Waals surface area contributed by atoms with Crippen molar-refractivity contribution in [1.29, 1.82) is 0 Å². The number of carbonyl (C=O) groups excluding carboxylic acids is 3. The molecule has 0 heterocycles. The zero-order valence-corrected chi connectivity index (χ0v) is 12.9. The van der Waals surface area contributed by atoms with E-state index in [4.69, 9.17) is 20.0 Å². The molecule has 0 amide bonds. The van der Waals surface area contributed by atoms with Crippen molar-refractivity contribution in [3.8, 4) is 0 Å². The van der Waals surface area contributed by atoms with E-state index < -0.39 is 62.7 Å². The van der Waals surface area contributed by atoms with E-state index in [0.29, 0.717) is 0 Å². The van der Waals surface area contributed by atoms with Crippen molar-refractivity contribution >= 4 is 37.7 Å². The lowest BCUT2D eigenvalue weighted by atomic mass is 9.96. The fourth-order valence-electron chi connectivity index (χ4n) is 1.40. The van der Waals surface area contributed by atoms with Crippen LogP contribution in [-0.2, 0) is 42.5 Å². The van der Waals surface area contributed by atoms with Crippen molar-refractivity contribution in [3.63, 3.8) is 0 Å². The van der Waals surface area contributed by atoms with Gasteiger partial charge >= 0.3 is 37.7 Å². The summed E-state index contributed by atoms with van der Waals surface area (Å²) in [6, 6.07) is 0. The monoisotopic (exact) mass is 372 g/mol. The summed E-state index contributed by atoms with van der Waals surface area (Å²) in [7, 11) is -5.50. The molecule has 0 aliphatic carbocycles. The second-order valence-corrected chi connectivity index (χ2v) is 5.42. The number of ether oxygens (including phenoxy) is 2. The van der Waals surface area contributed by atoms with Gasteiger partial charge < -0.3 is 29.5 Å². The smallest absolute Gasteiger partial charge is 0.470 e. The summed E-state index contributed by atoms with van der Waals surface area (Å²) in [5, 5.41) is 17.7. The molecule has 0 spiro atoms. The molecule has 0 aliphatic rings. The topological polar surface area (TPSA) is 211 Å². The predicted molar refractivity (Wildman–Crippen MR) is 68.1 cm³/mol. The summed E-state index contributed by atoms with van der Waals surface area (Å²) in [6.07, 6.45) is -2.92. The minimum atomic E-state index is -5.50. The van der Waals surface area contributed by atoms with E-state index in [1.54, 1.807) is 0 Å². The first-order valence-corrected chi connectivity index (χ1v) is 7.39. The summed E-state index contributed by atoms with van der Waals surface area (Å²) in [4.78, 5) is 72.3. The number of phosphoric ester groups is 1. The summed E-state index contributed by atoms with van der Waals surface area (Å²) >= 11 is 0. The Morgan fingerprint density at radius 3 is 1.92 bits per heavy atom. The molecule has 1 unspecified atom stereocenters. The van der Waals surface area contributed by atoms with Crippen LogP contribution in [0.25, 0.3) is 0 Å². The Balaban J connectivity index is 5.17. The van der Waals surface area contributed by atoms with Crippen molar-refractivity contribution in [3.05, 3.63) is 0 Å². The first kappa shape index (κ1) is 21.7. The highest BCUT2D eigenvalue weighted by Gasteiger charge is 2.49. The Labute approximate surface area is 133 Å². The van der Waals surface area contributed by atoms with Crippen LogP contribution < -0.4 is 0 Å². The van der Waals surface area contributed by atoms with Crippen LogP contribution in [0.1, 0.15) is 19.8 Å². The molecular formula is C10H13O13P. The number of aliphatic carboxylic acids is 2. The zero-order chi connectivity index (χ0) is 19.1. The maximum atomic E-state index is 11.5. The number of phosphoric acid groups is 1. The van der Waals surface area contributed by atoms with Crippen molar-refractivity contribution in [2.75, 3.05) is 6.61 Å². The molecule has 0 radical (unpaired) electrons. The molecule has 13 nitrogen and oxygen atoms in total. The number of hydrogen-bond donors (Lipinski definition) is 4. The standard InChI is InChI=1S/C10H13O13P/c1-5(11)22-8(15)4-21-7(14)3-10(9(16)17,2-6(12)13)23-24(18,19)20/h2-4H2,1H3,(H,12,13)(H,16,17)(H2,18,19,20). The molecular weight excluding hydrogens is 359 g/mol. The minimum Gasteiger partial charge on any atom is -0.481 e. The molecule has 14 heteroatoms. The highest BCUT2D eigenvalue weighted by atomic mass is 31.2. The minimum absolute atomic E-state index is 0.885. The molecule has 0 aliphatic heterocycles. The van der Waals surface area contributed by atoms with Gasteiger partial charge in [0, 0.05) is 6.92 Å². The molecule has 0 bridgehead atoms. The van der Waals surface area contributed by atoms with Crippen LogP contribution in [0.2, 0.25) is 0 Å². The lowest BCUT2D eigenvalue weighted by Crippen LogP contribution is -2.45. The Morgan fingerprint density at radius 2 is 1.54 bits per heavy atom.